The predicted octanol–water partition coefficient (Wildman–Crippen LogP) is 12.0. The molecule has 302 valence electrons. The lowest BCUT2D eigenvalue weighted by atomic mass is 9.81. The molecule has 4 aromatic carbocycles. The lowest BCUT2D eigenvalue weighted by molar-refractivity contribution is -0.113. The van der Waals surface area contributed by atoms with Crippen LogP contribution in [0.25, 0.3) is 16.9 Å². The predicted molar refractivity (Wildman–Crippen MR) is 239 cm³/mol. The van der Waals surface area contributed by atoms with Gasteiger partial charge in [0.05, 0.1) is 24.5 Å². The van der Waals surface area contributed by atoms with Crippen molar-refractivity contribution in [3.05, 3.63) is 160 Å². The number of benzene rings is 4. The SMILES string of the molecule is CCC(CC)COc1ccc([OH2+])c(C(/C=C2\C(=O)C(/C=C3\C=C(c4ccccc4)Oc4ccc(OCC(CC)CC)cc43)=C2NC(C)CC)=C\Cc2ccccc2)c1. The zero-order chi connectivity index (χ0) is 41.0. The number of fused-ring (bicyclic) bond motifs is 1. The smallest absolute Gasteiger partial charge is 0.262 e. The third kappa shape index (κ3) is 10.2. The van der Waals surface area contributed by atoms with Crippen molar-refractivity contribution in [2.24, 2.45) is 11.8 Å². The van der Waals surface area contributed by atoms with E-state index >= 15 is 0 Å². The van der Waals surface area contributed by atoms with Crippen molar-refractivity contribution < 1.29 is 24.1 Å². The number of hydrogen-bond acceptors (Lipinski definition) is 5. The molecule has 6 nitrogen and oxygen atoms in total. The summed E-state index contributed by atoms with van der Waals surface area (Å²) in [7, 11) is 0. The topological polar surface area (TPSA) is 79.7 Å². The third-order valence-electron chi connectivity index (χ3n) is 11.4. The van der Waals surface area contributed by atoms with E-state index in [1.807, 2.05) is 97.1 Å². The van der Waals surface area contributed by atoms with Crippen molar-refractivity contribution in [1.29, 1.82) is 0 Å². The fourth-order valence-corrected chi connectivity index (χ4v) is 7.11. The summed E-state index contributed by atoms with van der Waals surface area (Å²) < 4.78 is 19.1. The van der Waals surface area contributed by atoms with Crippen molar-refractivity contribution in [1.82, 2.24) is 5.32 Å². The molecule has 1 unspecified atom stereocenters. The zero-order valence-corrected chi connectivity index (χ0v) is 35.1. The molecule has 4 aromatic rings. The van der Waals surface area contributed by atoms with Crippen molar-refractivity contribution in [2.45, 2.75) is 86.1 Å². The molecule has 1 aliphatic heterocycles. The Hall–Kier alpha value is -5.75. The summed E-state index contributed by atoms with van der Waals surface area (Å²) in [5.74, 6) is 4.18. The van der Waals surface area contributed by atoms with Gasteiger partial charge in [0.25, 0.3) is 5.75 Å². The molecule has 0 saturated heterocycles. The summed E-state index contributed by atoms with van der Waals surface area (Å²) in [6, 6.07) is 32.0. The molecular weight excluding hydrogens is 719 g/mol. The van der Waals surface area contributed by atoms with Gasteiger partial charge in [-0.15, -0.1) is 0 Å². The minimum absolute atomic E-state index is 0.0552. The van der Waals surface area contributed by atoms with Crippen LogP contribution in [0.3, 0.4) is 0 Å². The lowest BCUT2D eigenvalue weighted by Gasteiger charge is -2.29. The fourth-order valence-electron chi connectivity index (χ4n) is 7.11. The second-order valence-electron chi connectivity index (χ2n) is 15.4. The summed E-state index contributed by atoms with van der Waals surface area (Å²) in [5.41, 5.74) is 7.37. The van der Waals surface area contributed by atoms with Gasteiger partial charge in [-0.1, -0.05) is 127 Å². The van der Waals surface area contributed by atoms with Crippen molar-refractivity contribution in [3.8, 4) is 23.0 Å². The molecule has 0 amide bonds. The minimum atomic E-state index is -0.0552. The maximum absolute atomic E-state index is 14.5. The first kappa shape index (κ1) is 41.9. The van der Waals surface area contributed by atoms with Crippen LogP contribution in [0.5, 0.6) is 23.0 Å². The Balaban J connectivity index is 1.46. The van der Waals surface area contributed by atoms with E-state index in [2.05, 4.69) is 65.1 Å². The number of rotatable bonds is 19. The standard InChI is InChI=1S/C52H59NO5/c1-7-35(6)53-51-46(28-40(23-22-38-18-14-12-15-19-38)44-31-42(24-26-48(44)54)56-33-36(8-2)9-3)52(55)47(51)29-41-30-50(39-20-16-13-17-21-39)58-49-27-25-43(32-45(41)49)57-34-37(10-4)11-5/h12-21,23-32,35-37,53-54H,7-11,22,33-34H2,1-6H3/p+1/b40-23-,41-29+,46-28-. The average molecular weight is 779 g/mol. The Kier molecular flexibility index (Phi) is 14.5. The molecule has 0 spiro atoms. The first-order chi connectivity index (χ1) is 28.2. The van der Waals surface area contributed by atoms with E-state index < -0.39 is 0 Å². The molecule has 0 bridgehead atoms. The second kappa shape index (κ2) is 20.1. The van der Waals surface area contributed by atoms with Gasteiger partial charge in [-0.05, 0) is 96.9 Å². The van der Waals surface area contributed by atoms with Crippen LogP contribution in [0.15, 0.2) is 138 Å². The Bertz CT molecular complexity index is 2190. The molecule has 2 aliphatic rings. The van der Waals surface area contributed by atoms with E-state index in [-0.39, 0.29) is 11.8 Å². The monoisotopic (exact) mass is 778 g/mol. The van der Waals surface area contributed by atoms with Crippen LogP contribution in [-0.2, 0) is 11.2 Å². The number of Topliss-reactive ketones (excluding diaryl/α,β-unsaturated/α-hetero) is 1. The summed E-state index contributed by atoms with van der Waals surface area (Å²) in [6.45, 7) is 14.3. The van der Waals surface area contributed by atoms with E-state index in [1.165, 1.54) is 0 Å². The molecule has 0 radical (unpaired) electrons. The number of ether oxygens (including phenoxy) is 3. The van der Waals surface area contributed by atoms with Crippen LogP contribution in [0.2, 0.25) is 0 Å². The highest BCUT2D eigenvalue weighted by molar-refractivity contribution is 6.23. The molecule has 6 heteroatoms. The van der Waals surface area contributed by atoms with Gasteiger partial charge in [-0.3, -0.25) is 4.79 Å². The molecule has 6 rings (SSSR count). The van der Waals surface area contributed by atoms with Crippen molar-refractivity contribution in [3.63, 3.8) is 0 Å². The summed E-state index contributed by atoms with van der Waals surface area (Å²) in [5, 5.41) is 12.7. The number of carbonyl (C=O) groups is 1. The Morgan fingerprint density at radius 2 is 1.40 bits per heavy atom. The largest absolute Gasteiger partial charge is 0.593 e. The Labute approximate surface area is 345 Å². The van der Waals surface area contributed by atoms with Crippen LogP contribution in [-0.4, -0.2) is 30.1 Å². The molecule has 1 atom stereocenters. The lowest BCUT2D eigenvalue weighted by Crippen LogP contribution is -2.36. The normalized spacial score (nSPS) is 16.0. The molecule has 1 aliphatic carbocycles. The number of allylic oxidation sites excluding steroid dienone is 8. The molecule has 0 saturated carbocycles. The minimum Gasteiger partial charge on any atom is -0.593 e. The van der Waals surface area contributed by atoms with Crippen LogP contribution >= 0.6 is 0 Å². The van der Waals surface area contributed by atoms with Gasteiger partial charge in [0.1, 0.15) is 23.0 Å². The summed E-state index contributed by atoms with van der Waals surface area (Å²) in [6.07, 6.45) is 13.8. The van der Waals surface area contributed by atoms with Crippen LogP contribution in [0.1, 0.15) is 95.9 Å². The van der Waals surface area contributed by atoms with Crippen LogP contribution < -0.4 is 19.5 Å². The molecular formula is C52H60NO5+. The number of nitrogens with one attached hydrogen (secondary N) is 1. The molecule has 0 aromatic heterocycles. The molecule has 1 heterocycles. The highest BCUT2D eigenvalue weighted by Crippen LogP contribution is 2.43. The van der Waals surface area contributed by atoms with Crippen LogP contribution in [0.4, 0.5) is 0 Å². The maximum atomic E-state index is 14.5. The number of ketones is 1. The molecule has 0 fully saturated rings. The van der Waals surface area contributed by atoms with Gasteiger partial charge in [-0.25, -0.2) is 0 Å². The van der Waals surface area contributed by atoms with E-state index in [0.717, 1.165) is 82.7 Å². The molecule has 58 heavy (non-hydrogen) atoms. The van der Waals surface area contributed by atoms with E-state index in [0.29, 0.717) is 59.9 Å². The summed E-state index contributed by atoms with van der Waals surface area (Å²) in [4.78, 5) is 14.5. The Morgan fingerprint density at radius 3 is 2.03 bits per heavy atom. The van der Waals surface area contributed by atoms with Gasteiger partial charge in [0.15, 0.2) is 5.78 Å². The fraction of sp³-hybridized carbons (Fsp3) is 0.327. The van der Waals surface area contributed by atoms with Gasteiger partial charge >= 0.3 is 0 Å². The summed E-state index contributed by atoms with van der Waals surface area (Å²) >= 11 is 0. The van der Waals surface area contributed by atoms with E-state index in [1.54, 1.807) is 6.07 Å². The average Bonchev–Trinajstić information content (AvgIpc) is 3.26. The first-order valence-electron chi connectivity index (χ1n) is 21.2. The van der Waals surface area contributed by atoms with Gasteiger partial charge < -0.3 is 24.6 Å². The quantitative estimate of drug-likeness (QED) is 0.0757. The van der Waals surface area contributed by atoms with E-state index in [9.17, 15) is 4.79 Å². The van der Waals surface area contributed by atoms with Gasteiger partial charge in [0.2, 0.25) is 0 Å². The first-order valence-corrected chi connectivity index (χ1v) is 21.2. The highest BCUT2D eigenvalue weighted by atomic mass is 16.5. The van der Waals surface area contributed by atoms with Gasteiger partial charge in [-0.2, -0.15) is 0 Å². The Morgan fingerprint density at radius 1 is 0.776 bits per heavy atom. The van der Waals surface area contributed by atoms with Crippen molar-refractivity contribution in [2.75, 3.05) is 13.2 Å². The van der Waals surface area contributed by atoms with Crippen molar-refractivity contribution >= 4 is 22.7 Å². The number of carbonyl (C=O) groups excluding carboxylic acids is 1. The van der Waals surface area contributed by atoms with Crippen LogP contribution in [0, 0.1) is 11.8 Å². The number of hydrogen-bond donors (Lipinski definition) is 1. The zero-order valence-electron chi connectivity index (χ0n) is 35.1. The van der Waals surface area contributed by atoms with E-state index in [4.69, 9.17) is 19.3 Å². The third-order valence-corrected chi connectivity index (χ3v) is 11.4. The molecule has 3 N–H and O–H groups in total. The second-order valence-corrected chi connectivity index (χ2v) is 15.4. The maximum Gasteiger partial charge on any atom is 0.262 e. The highest BCUT2D eigenvalue weighted by Gasteiger charge is 2.34. The van der Waals surface area contributed by atoms with Gasteiger partial charge in [0, 0.05) is 34.4 Å².